The number of anilines is 1. The summed E-state index contributed by atoms with van der Waals surface area (Å²) in [6.07, 6.45) is 1.14. The van der Waals surface area contributed by atoms with Gasteiger partial charge in [0.2, 0.25) is 0 Å². The number of hydrogen-bond acceptors (Lipinski definition) is 5. The van der Waals surface area contributed by atoms with Crippen molar-refractivity contribution in [3.05, 3.63) is 53.2 Å². The van der Waals surface area contributed by atoms with E-state index in [4.69, 9.17) is 9.47 Å². The average Bonchev–Trinajstić information content (AvgIpc) is 2.95. The molecule has 1 aromatic carbocycles. The highest BCUT2D eigenvalue weighted by Crippen LogP contribution is 2.33. The summed E-state index contributed by atoms with van der Waals surface area (Å²) >= 11 is 0. The third-order valence-corrected chi connectivity index (χ3v) is 3.97. The van der Waals surface area contributed by atoms with Gasteiger partial charge in [-0.2, -0.15) is 0 Å². The fourth-order valence-corrected chi connectivity index (χ4v) is 2.75. The number of carboxylic acid groups (broad SMARTS) is 1. The molecule has 0 unspecified atom stereocenters. The van der Waals surface area contributed by atoms with Crippen molar-refractivity contribution in [1.82, 2.24) is 9.38 Å². The fraction of sp³-hybridized carbons (Fsp3) is 0.167. The molecule has 0 radical (unpaired) electrons. The Bertz CT molecular complexity index is 1060. The van der Waals surface area contributed by atoms with E-state index < -0.39 is 17.7 Å². The van der Waals surface area contributed by atoms with Gasteiger partial charge in [0.15, 0.2) is 11.5 Å². The van der Waals surface area contributed by atoms with Crippen LogP contribution in [0.3, 0.4) is 0 Å². The summed E-state index contributed by atoms with van der Waals surface area (Å²) in [4.78, 5) is 28.6. The Hall–Kier alpha value is -3.62. The number of hydrogen-bond donors (Lipinski definition) is 2. The minimum atomic E-state index is -1.26. The number of imidazole rings is 1. The van der Waals surface area contributed by atoms with E-state index >= 15 is 0 Å². The molecule has 0 atom stereocenters. The molecule has 3 aromatic rings. The number of aromatic carboxylic acids is 1. The quantitative estimate of drug-likeness (QED) is 0.713. The lowest BCUT2D eigenvalue weighted by molar-refractivity contribution is 0.0697. The molecule has 140 valence electrons. The normalized spacial score (nSPS) is 10.7. The number of halogens is 1. The molecule has 1 amide bonds. The number of ether oxygens (including phenoxy) is 2. The van der Waals surface area contributed by atoms with E-state index in [1.54, 1.807) is 6.92 Å². The van der Waals surface area contributed by atoms with Crippen molar-refractivity contribution in [1.29, 1.82) is 0 Å². The number of amides is 1. The van der Waals surface area contributed by atoms with Crippen LogP contribution >= 0.6 is 0 Å². The van der Waals surface area contributed by atoms with E-state index in [0.29, 0.717) is 11.3 Å². The number of rotatable bonds is 5. The third-order valence-electron chi connectivity index (χ3n) is 3.97. The van der Waals surface area contributed by atoms with Crippen molar-refractivity contribution in [3.8, 4) is 11.5 Å². The number of aryl methyl sites for hydroxylation is 1. The summed E-state index contributed by atoms with van der Waals surface area (Å²) in [5, 5.41) is 12.0. The van der Waals surface area contributed by atoms with Crippen molar-refractivity contribution in [2.75, 3.05) is 19.5 Å². The van der Waals surface area contributed by atoms with Gasteiger partial charge < -0.3 is 19.9 Å². The number of benzene rings is 1. The smallest absolute Gasteiger partial charge is 0.337 e. The van der Waals surface area contributed by atoms with Crippen LogP contribution < -0.4 is 14.8 Å². The molecule has 9 heteroatoms. The Morgan fingerprint density at radius 1 is 1.19 bits per heavy atom. The fourth-order valence-electron chi connectivity index (χ4n) is 2.75. The van der Waals surface area contributed by atoms with Crippen LogP contribution in [-0.4, -0.2) is 40.6 Å². The Morgan fingerprint density at radius 3 is 2.48 bits per heavy atom. The second-order valence-corrected chi connectivity index (χ2v) is 5.63. The molecule has 2 heterocycles. The summed E-state index contributed by atoms with van der Waals surface area (Å²) in [5.41, 5.74) is 0.686. The van der Waals surface area contributed by atoms with E-state index in [1.165, 1.54) is 42.9 Å². The van der Waals surface area contributed by atoms with Crippen LogP contribution in [0.15, 0.2) is 30.5 Å². The van der Waals surface area contributed by atoms with Gasteiger partial charge in [0.05, 0.1) is 31.2 Å². The number of carbonyl (C=O) groups is 2. The van der Waals surface area contributed by atoms with Crippen LogP contribution in [0.4, 0.5) is 10.1 Å². The molecule has 0 spiro atoms. The van der Waals surface area contributed by atoms with Crippen LogP contribution in [0.1, 0.15) is 26.5 Å². The minimum Gasteiger partial charge on any atom is -0.493 e. The number of carboxylic acids is 1. The molecule has 0 fully saturated rings. The highest BCUT2D eigenvalue weighted by Gasteiger charge is 2.22. The zero-order chi connectivity index (χ0) is 19.7. The maximum absolute atomic E-state index is 13.6. The number of nitrogens with one attached hydrogen (secondary N) is 1. The third kappa shape index (κ3) is 3.26. The Balaban J connectivity index is 2.07. The lowest BCUT2D eigenvalue weighted by atomic mass is 10.1. The van der Waals surface area contributed by atoms with Crippen LogP contribution in [0.25, 0.3) is 5.65 Å². The number of nitrogens with zero attached hydrogens (tertiary/aromatic N) is 2. The number of aromatic nitrogens is 2. The SMILES string of the molecule is COc1cc(NC(=O)c2c(C)nc3ccc(F)cn23)c(C(=O)O)cc1OC. The molecule has 2 aromatic heterocycles. The van der Waals surface area contributed by atoms with Crippen LogP contribution in [0.5, 0.6) is 11.5 Å². The van der Waals surface area contributed by atoms with Crippen molar-refractivity contribution in [2.45, 2.75) is 6.92 Å². The summed E-state index contributed by atoms with van der Waals surface area (Å²) in [6, 6.07) is 5.27. The van der Waals surface area contributed by atoms with Gasteiger partial charge in [-0.15, -0.1) is 0 Å². The van der Waals surface area contributed by atoms with Gasteiger partial charge in [0.1, 0.15) is 17.2 Å². The molecule has 0 aliphatic heterocycles. The van der Waals surface area contributed by atoms with Gasteiger partial charge in [0, 0.05) is 18.3 Å². The van der Waals surface area contributed by atoms with Crippen LogP contribution in [-0.2, 0) is 0 Å². The predicted octanol–water partition coefficient (Wildman–Crippen LogP) is 2.75. The molecule has 0 aliphatic carbocycles. The van der Waals surface area contributed by atoms with Gasteiger partial charge in [-0.05, 0) is 19.1 Å². The highest BCUT2D eigenvalue weighted by atomic mass is 19.1. The zero-order valence-corrected chi connectivity index (χ0v) is 14.7. The largest absolute Gasteiger partial charge is 0.493 e. The standard InChI is InChI=1S/C18H16FN3O5/c1-9-16(22-8-10(19)4-5-15(22)20-9)17(23)21-12-7-14(27-3)13(26-2)6-11(12)18(24)25/h4-8H,1-3H3,(H,21,23)(H,24,25). The first-order chi connectivity index (χ1) is 12.8. The van der Waals surface area contributed by atoms with E-state index in [2.05, 4.69) is 10.3 Å². The van der Waals surface area contributed by atoms with Crippen LogP contribution in [0.2, 0.25) is 0 Å². The van der Waals surface area contributed by atoms with Gasteiger partial charge >= 0.3 is 5.97 Å². The number of methoxy groups -OCH3 is 2. The molecule has 3 rings (SSSR count). The molecule has 0 bridgehead atoms. The highest BCUT2D eigenvalue weighted by molar-refractivity contribution is 6.08. The lowest BCUT2D eigenvalue weighted by Gasteiger charge is -2.14. The molecule has 2 N–H and O–H groups in total. The topological polar surface area (TPSA) is 102 Å². The van der Waals surface area contributed by atoms with Crippen molar-refractivity contribution in [2.24, 2.45) is 0 Å². The first-order valence-electron chi connectivity index (χ1n) is 7.80. The maximum atomic E-state index is 13.6. The second kappa shape index (κ2) is 6.94. The van der Waals surface area contributed by atoms with Gasteiger partial charge in [-0.25, -0.2) is 14.2 Å². The summed E-state index contributed by atoms with van der Waals surface area (Å²) < 4.78 is 25.1. The molecule has 27 heavy (non-hydrogen) atoms. The number of fused-ring (bicyclic) bond motifs is 1. The number of pyridine rings is 1. The zero-order valence-electron chi connectivity index (χ0n) is 14.7. The summed E-state index contributed by atoms with van der Waals surface area (Å²) in [6.45, 7) is 1.60. The molecule has 8 nitrogen and oxygen atoms in total. The monoisotopic (exact) mass is 373 g/mol. The molecule has 0 aliphatic rings. The number of carbonyl (C=O) groups excluding carboxylic acids is 1. The maximum Gasteiger partial charge on any atom is 0.337 e. The lowest BCUT2D eigenvalue weighted by Crippen LogP contribution is -2.18. The van der Waals surface area contributed by atoms with Crippen molar-refractivity contribution >= 4 is 23.2 Å². The Labute approximate surface area is 153 Å². The van der Waals surface area contributed by atoms with Crippen molar-refractivity contribution < 1.29 is 28.6 Å². The Kier molecular flexibility index (Phi) is 4.68. The van der Waals surface area contributed by atoms with E-state index in [9.17, 15) is 19.1 Å². The van der Waals surface area contributed by atoms with E-state index in [0.717, 1.165) is 6.20 Å². The molecule has 0 saturated carbocycles. The molecular formula is C18H16FN3O5. The summed E-state index contributed by atoms with van der Waals surface area (Å²) in [7, 11) is 2.76. The van der Waals surface area contributed by atoms with E-state index in [1.807, 2.05) is 0 Å². The average molecular weight is 373 g/mol. The molecule has 0 saturated heterocycles. The predicted molar refractivity (Wildman–Crippen MR) is 94.3 cm³/mol. The first kappa shape index (κ1) is 18.2. The van der Waals surface area contributed by atoms with Crippen molar-refractivity contribution in [3.63, 3.8) is 0 Å². The van der Waals surface area contributed by atoms with Gasteiger partial charge in [-0.3, -0.25) is 9.20 Å². The molecular weight excluding hydrogens is 357 g/mol. The van der Waals surface area contributed by atoms with Crippen LogP contribution in [0, 0.1) is 12.7 Å². The second-order valence-electron chi connectivity index (χ2n) is 5.63. The minimum absolute atomic E-state index is 0.0101. The van der Waals surface area contributed by atoms with Gasteiger partial charge in [-0.1, -0.05) is 0 Å². The Morgan fingerprint density at radius 2 is 1.85 bits per heavy atom. The first-order valence-corrected chi connectivity index (χ1v) is 7.80. The summed E-state index contributed by atoms with van der Waals surface area (Å²) in [5.74, 6) is -1.97. The van der Waals surface area contributed by atoms with Gasteiger partial charge in [0.25, 0.3) is 5.91 Å². The van der Waals surface area contributed by atoms with E-state index in [-0.39, 0.29) is 28.4 Å².